The van der Waals surface area contributed by atoms with Gasteiger partial charge in [-0.05, 0) is 36.8 Å². The third kappa shape index (κ3) is 4.98. The van der Waals surface area contributed by atoms with Gasteiger partial charge in [0, 0.05) is 37.9 Å². The summed E-state index contributed by atoms with van der Waals surface area (Å²) in [5.74, 6) is -0.363. The molecule has 0 saturated carbocycles. The summed E-state index contributed by atoms with van der Waals surface area (Å²) < 4.78 is 47.7. The largest absolute Gasteiger partial charge is 0.484 e. The van der Waals surface area contributed by atoms with E-state index in [0.717, 1.165) is 5.56 Å². The Morgan fingerprint density at radius 3 is 2.56 bits per heavy atom. The Labute approximate surface area is 181 Å². The Hall–Kier alpha value is -3.63. The molecule has 11 heteroatoms. The van der Waals surface area contributed by atoms with Crippen LogP contribution in [0.1, 0.15) is 11.5 Å². The fourth-order valence-electron chi connectivity index (χ4n) is 3.29. The number of benzene rings is 1. The first-order chi connectivity index (χ1) is 15.3. The Kier molecular flexibility index (Phi) is 5.97. The summed E-state index contributed by atoms with van der Waals surface area (Å²) in [5.41, 5.74) is 1.37. The molecule has 0 aliphatic carbocycles. The van der Waals surface area contributed by atoms with Crippen LogP contribution in [-0.2, 0) is 11.0 Å². The van der Waals surface area contributed by atoms with Crippen molar-refractivity contribution in [2.45, 2.75) is 13.1 Å². The number of ether oxygens (including phenoxy) is 1. The topological polar surface area (TPSA) is 84.6 Å². The zero-order valence-corrected chi connectivity index (χ0v) is 17.2. The van der Waals surface area contributed by atoms with Gasteiger partial charge < -0.3 is 19.1 Å². The van der Waals surface area contributed by atoms with E-state index in [0.29, 0.717) is 43.3 Å². The number of hydrogen-bond donors (Lipinski definition) is 0. The van der Waals surface area contributed by atoms with Gasteiger partial charge >= 0.3 is 12.1 Å². The van der Waals surface area contributed by atoms with E-state index in [4.69, 9.17) is 4.74 Å². The van der Waals surface area contributed by atoms with Crippen molar-refractivity contribution in [2.75, 3.05) is 37.7 Å². The van der Waals surface area contributed by atoms with E-state index in [1.54, 1.807) is 17.0 Å². The SMILES string of the molecule is Cc1cccc(OCC(=O)N2CCN(c3ccc(-c4noc(C(F)(F)F)n4)cn3)CC2)c1. The van der Waals surface area contributed by atoms with E-state index < -0.39 is 12.1 Å². The first-order valence-corrected chi connectivity index (χ1v) is 9.89. The molecule has 32 heavy (non-hydrogen) atoms. The molecule has 0 atom stereocenters. The highest BCUT2D eigenvalue weighted by Crippen LogP contribution is 2.29. The summed E-state index contributed by atoms with van der Waals surface area (Å²) in [6.45, 7) is 4.10. The lowest BCUT2D eigenvalue weighted by Gasteiger charge is -2.35. The fourth-order valence-corrected chi connectivity index (χ4v) is 3.29. The van der Waals surface area contributed by atoms with E-state index in [1.807, 2.05) is 36.1 Å². The number of pyridine rings is 1. The quantitative estimate of drug-likeness (QED) is 0.594. The Bertz CT molecular complexity index is 1080. The van der Waals surface area contributed by atoms with Crippen LogP contribution < -0.4 is 9.64 Å². The summed E-state index contributed by atoms with van der Waals surface area (Å²) in [7, 11) is 0. The van der Waals surface area contributed by atoms with Crippen molar-refractivity contribution in [1.82, 2.24) is 20.0 Å². The summed E-state index contributed by atoms with van der Waals surface area (Å²) in [6.07, 6.45) is -3.30. The minimum Gasteiger partial charge on any atom is -0.484 e. The van der Waals surface area contributed by atoms with Crippen molar-refractivity contribution in [2.24, 2.45) is 0 Å². The van der Waals surface area contributed by atoms with Gasteiger partial charge in [0.2, 0.25) is 5.82 Å². The molecule has 0 bridgehead atoms. The number of nitrogens with zero attached hydrogens (tertiary/aromatic N) is 5. The molecule has 168 valence electrons. The number of alkyl halides is 3. The summed E-state index contributed by atoms with van der Waals surface area (Å²) in [5, 5.41) is 3.35. The van der Waals surface area contributed by atoms with Crippen LogP contribution in [0.25, 0.3) is 11.4 Å². The van der Waals surface area contributed by atoms with Crippen LogP contribution in [0.5, 0.6) is 5.75 Å². The molecule has 4 rings (SSSR count). The van der Waals surface area contributed by atoms with Crippen molar-refractivity contribution in [1.29, 1.82) is 0 Å². The lowest BCUT2D eigenvalue weighted by atomic mass is 10.2. The average molecular weight is 447 g/mol. The highest BCUT2D eigenvalue weighted by atomic mass is 19.4. The van der Waals surface area contributed by atoms with Gasteiger partial charge in [0.05, 0.1) is 0 Å². The number of aromatic nitrogens is 3. The molecule has 1 amide bonds. The number of piperazine rings is 1. The Morgan fingerprint density at radius 1 is 1.16 bits per heavy atom. The predicted molar refractivity (Wildman–Crippen MR) is 108 cm³/mol. The van der Waals surface area contributed by atoms with E-state index in [2.05, 4.69) is 19.6 Å². The van der Waals surface area contributed by atoms with Crippen molar-refractivity contribution in [3.8, 4) is 17.1 Å². The van der Waals surface area contributed by atoms with Crippen LogP contribution in [0, 0.1) is 6.92 Å². The van der Waals surface area contributed by atoms with Crippen LogP contribution >= 0.6 is 0 Å². The lowest BCUT2D eigenvalue weighted by Crippen LogP contribution is -2.50. The number of rotatable bonds is 5. The molecule has 1 aliphatic rings. The molecule has 1 fully saturated rings. The number of anilines is 1. The first kappa shape index (κ1) is 21.6. The number of carbonyl (C=O) groups is 1. The zero-order chi connectivity index (χ0) is 22.7. The second kappa shape index (κ2) is 8.85. The van der Waals surface area contributed by atoms with Crippen LogP contribution in [-0.4, -0.2) is 58.7 Å². The van der Waals surface area contributed by atoms with Gasteiger partial charge in [-0.3, -0.25) is 4.79 Å². The van der Waals surface area contributed by atoms with Gasteiger partial charge in [-0.25, -0.2) is 4.98 Å². The molecule has 2 aromatic heterocycles. The molecular weight excluding hydrogens is 427 g/mol. The number of aryl methyl sites for hydroxylation is 1. The van der Waals surface area contributed by atoms with Gasteiger partial charge in [-0.2, -0.15) is 18.2 Å². The molecule has 0 radical (unpaired) electrons. The van der Waals surface area contributed by atoms with E-state index in [9.17, 15) is 18.0 Å². The van der Waals surface area contributed by atoms with Crippen LogP contribution in [0.15, 0.2) is 47.1 Å². The third-order valence-electron chi connectivity index (χ3n) is 4.98. The molecule has 1 aromatic carbocycles. The monoisotopic (exact) mass is 447 g/mol. The summed E-state index contributed by atoms with van der Waals surface area (Å²) in [4.78, 5) is 23.8. The minimum atomic E-state index is -4.69. The van der Waals surface area contributed by atoms with E-state index in [1.165, 1.54) is 6.20 Å². The molecular formula is C21H20F3N5O3. The lowest BCUT2D eigenvalue weighted by molar-refractivity contribution is -0.159. The second-order valence-corrected chi connectivity index (χ2v) is 7.30. The molecule has 1 saturated heterocycles. The molecule has 0 spiro atoms. The van der Waals surface area contributed by atoms with Crippen molar-refractivity contribution in [3.63, 3.8) is 0 Å². The van der Waals surface area contributed by atoms with E-state index >= 15 is 0 Å². The molecule has 8 nitrogen and oxygen atoms in total. The van der Waals surface area contributed by atoms with Crippen LogP contribution in [0.2, 0.25) is 0 Å². The normalized spacial score (nSPS) is 14.5. The molecule has 0 N–H and O–H groups in total. The molecule has 3 heterocycles. The van der Waals surface area contributed by atoms with Crippen molar-refractivity contribution >= 4 is 11.7 Å². The first-order valence-electron chi connectivity index (χ1n) is 9.89. The number of carbonyl (C=O) groups excluding carboxylic acids is 1. The van der Waals surface area contributed by atoms with Gasteiger partial charge in [0.15, 0.2) is 6.61 Å². The molecule has 3 aromatic rings. The smallest absolute Gasteiger partial charge is 0.471 e. The van der Waals surface area contributed by atoms with Gasteiger partial charge in [0.25, 0.3) is 5.91 Å². The number of amides is 1. The number of halogens is 3. The Balaban J connectivity index is 1.30. The van der Waals surface area contributed by atoms with Gasteiger partial charge in [0.1, 0.15) is 11.6 Å². The maximum absolute atomic E-state index is 12.6. The minimum absolute atomic E-state index is 0.0268. The standard InChI is InChI=1S/C21H20F3N5O3/c1-14-3-2-4-16(11-14)31-13-18(30)29-9-7-28(8-10-29)17-6-5-15(12-25-17)19-26-20(32-27-19)21(22,23)24/h2-6,11-12H,7-10,13H2,1H3. The Morgan fingerprint density at radius 2 is 1.94 bits per heavy atom. The van der Waals surface area contributed by atoms with E-state index in [-0.39, 0.29) is 18.3 Å². The zero-order valence-electron chi connectivity index (χ0n) is 17.2. The fraction of sp³-hybridized carbons (Fsp3) is 0.333. The van der Waals surface area contributed by atoms with Crippen LogP contribution in [0.3, 0.4) is 0 Å². The summed E-state index contributed by atoms with van der Waals surface area (Å²) >= 11 is 0. The second-order valence-electron chi connectivity index (χ2n) is 7.30. The van der Waals surface area contributed by atoms with Crippen molar-refractivity contribution in [3.05, 3.63) is 54.0 Å². The maximum atomic E-state index is 12.6. The van der Waals surface area contributed by atoms with Gasteiger partial charge in [-0.1, -0.05) is 17.3 Å². The molecule has 1 aliphatic heterocycles. The highest BCUT2D eigenvalue weighted by Gasteiger charge is 2.38. The third-order valence-corrected chi connectivity index (χ3v) is 4.98. The predicted octanol–water partition coefficient (Wildman–Crippen LogP) is 3.19. The van der Waals surface area contributed by atoms with Crippen LogP contribution in [0.4, 0.5) is 19.0 Å². The average Bonchev–Trinajstić information content (AvgIpc) is 3.29. The highest BCUT2D eigenvalue weighted by molar-refractivity contribution is 5.78. The maximum Gasteiger partial charge on any atom is 0.471 e. The van der Waals surface area contributed by atoms with Gasteiger partial charge in [-0.15, -0.1) is 0 Å². The molecule has 0 unspecified atom stereocenters. The summed E-state index contributed by atoms with van der Waals surface area (Å²) in [6, 6.07) is 10.8. The number of hydrogen-bond acceptors (Lipinski definition) is 7. The van der Waals surface area contributed by atoms with Crippen molar-refractivity contribution < 1.29 is 27.2 Å².